The lowest BCUT2D eigenvalue weighted by Crippen LogP contribution is -2.43. The van der Waals surface area contributed by atoms with Gasteiger partial charge in [-0.3, -0.25) is 4.79 Å². The fourth-order valence-electron chi connectivity index (χ4n) is 2.41. The lowest BCUT2D eigenvalue weighted by molar-refractivity contribution is -0.144. The van der Waals surface area contributed by atoms with Gasteiger partial charge in [-0.05, 0) is 25.2 Å². The monoisotopic (exact) mass is 200 g/mol. The Bertz CT molecular complexity index is 239. The number of rotatable bonds is 1. The van der Waals surface area contributed by atoms with E-state index in [1.165, 1.54) is 0 Å². The van der Waals surface area contributed by atoms with Crippen molar-refractivity contribution in [2.45, 2.75) is 44.0 Å². The van der Waals surface area contributed by atoms with Crippen LogP contribution in [0.3, 0.4) is 0 Å². The lowest BCUT2D eigenvalue weighted by Gasteiger charge is -2.39. The molecule has 0 radical (unpaired) electrons. The van der Waals surface area contributed by atoms with Gasteiger partial charge in [0.2, 0.25) is 0 Å². The van der Waals surface area contributed by atoms with E-state index in [2.05, 4.69) is 13.8 Å². The van der Waals surface area contributed by atoms with Crippen molar-refractivity contribution in [3.63, 3.8) is 0 Å². The van der Waals surface area contributed by atoms with Gasteiger partial charge >= 0.3 is 5.97 Å². The first-order chi connectivity index (χ1) is 6.04. The summed E-state index contributed by atoms with van der Waals surface area (Å²) in [6.07, 6.45) is 2.91. The minimum absolute atomic E-state index is 0.00146. The number of carbonyl (C=O) groups excluding carboxylic acids is 1. The maximum absolute atomic E-state index is 11.3. The van der Waals surface area contributed by atoms with Crippen molar-refractivity contribution in [3.8, 4) is 0 Å². The van der Waals surface area contributed by atoms with Crippen molar-refractivity contribution in [2.75, 3.05) is 0 Å². The maximum Gasteiger partial charge on any atom is 0.309 e. The van der Waals surface area contributed by atoms with Crippen LogP contribution in [0.15, 0.2) is 0 Å². The molecule has 13 heavy (non-hydrogen) atoms. The molecule has 0 aromatic rings. The standard InChI is InChI=1S/C10H16O2S/c1-6(2)10(13)4-3-7-5-8(10)12-9(7)11/h6-8,13H,3-5H2,1-2H3. The summed E-state index contributed by atoms with van der Waals surface area (Å²) in [5.41, 5.74) is 0. The Morgan fingerprint density at radius 3 is 2.92 bits per heavy atom. The number of thiol groups is 1. The predicted molar refractivity (Wildman–Crippen MR) is 53.8 cm³/mol. The fraction of sp³-hybridized carbons (Fsp3) is 0.900. The number of esters is 1. The normalized spacial score (nSPS) is 43.8. The van der Waals surface area contributed by atoms with E-state index in [0.29, 0.717) is 5.92 Å². The molecule has 2 rings (SSSR count). The lowest BCUT2D eigenvalue weighted by atomic mass is 9.76. The van der Waals surface area contributed by atoms with Gasteiger partial charge in [0, 0.05) is 0 Å². The van der Waals surface area contributed by atoms with E-state index in [0.717, 1.165) is 19.3 Å². The molecule has 3 unspecified atom stereocenters. The molecule has 2 nitrogen and oxygen atoms in total. The summed E-state index contributed by atoms with van der Waals surface area (Å²) in [6.45, 7) is 4.30. The van der Waals surface area contributed by atoms with Crippen LogP contribution in [0, 0.1) is 11.8 Å². The van der Waals surface area contributed by atoms with Gasteiger partial charge in [0.25, 0.3) is 0 Å². The summed E-state index contributed by atoms with van der Waals surface area (Å²) >= 11 is 4.71. The van der Waals surface area contributed by atoms with Gasteiger partial charge in [0.1, 0.15) is 6.10 Å². The Balaban J connectivity index is 2.21. The summed E-state index contributed by atoms with van der Waals surface area (Å²) in [5.74, 6) is 0.637. The average Bonchev–Trinajstić information content (AvgIpc) is 2.38. The molecule has 0 aromatic heterocycles. The van der Waals surface area contributed by atoms with Crippen molar-refractivity contribution in [3.05, 3.63) is 0 Å². The number of hydrogen-bond donors (Lipinski definition) is 1. The average molecular weight is 200 g/mol. The molecule has 0 aromatic carbocycles. The highest BCUT2D eigenvalue weighted by Gasteiger charge is 2.51. The summed E-state index contributed by atoms with van der Waals surface area (Å²) in [6, 6.07) is 0. The molecule has 2 aliphatic rings. The van der Waals surface area contributed by atoms with Gasteiger partial charge in [0.15, 0.2) is 0 Å². The molecule has 3 heteroatoms. The third kappa shape index (κ3) is 1.28. The molecular weight excluding hydrogens is 184 g/mol. The maximum atomic E-state index is 11.3. The molecule has 1 saturated heterocycles. The van der Waals surface area contributed by atoms with Gasteiger partial charge in [-0.15, -0.1) is 0 Å². The molecule has 1 aliphatic heterocycles. The molecule has 1 aliphatic carbocycles. The Kier molecular flexibility index (Phi) is 2.10. The number of carbonyl (C=O) groups is 1. The quantitative estimate of drug-likeness (QED) is 0.518. The van der Waals surface area contributed by atoms with Crippen LogP contribution in [0.2, 0.25) is 0 Å². The van der Waals surface area contributed by atoms with E-state index < -0.39 is 0 Å². The van der Waals surface area contributed by atoms with Gasteiger partial charge in [-0.2, -0.15) is 12.6 Å². The van der Waals surface area contributed by atoms with Crippen LogP contribution in [0.4, 0.5) is 0 Å². The summed E-state index contributed by atoms with van der Waals surface area (Å²) in [7, 11) is 0. The van der Waals surface area contributed by atoms with Crippen molar-refractivity contribution in [1.82, 2.24) is 0 Å². The topological polar surface area (TPSA) is 26.3 Å². The molecule has 1 heterocycles. The molecule has 0 spiro atoms. The second-order valence-corrected chi connectivity index (χ2v) is 5.38. The molecule has 1 saturated carbocycles. The number of ether oxygens (including phenoxy) is 1. The second-order valence-electron chi connectivity index (χ2n) is 4.54. The fourth-order valence-corrected chi connectivity index (χ4v) is 2.70. The number of hydrogen-bond acceptors (Lipinski definition) is 3. The van der Waals surface area contributed by atoms with Gasteiger partial charge in [-0.25, -0.2) is 0 Å². The summed E-state index contributed by atoms with van der Waals surface area (Å²) in [5, 5.41) is 0. The molecular formula is C10H16O2S. The first kappa shape index (κ1) is 9.38. The number of fused-ring (bicyclic) bond motifs is 2. The first-order valence-electron chi connectivity index (χ1n) is 4.97. The van der Waals surface area contributed by atoms with Crippen LogP contribution in [0.5, 0.6) is 0 Å². The third-order valence-corrected chi connectivity index (χ3v) is 4.57. The minimum atomic E-state index is -0.0807. The van der Waals surface area contributed by atoms with E-state index in [1.807, 2.05) is 0 Å². The van der Waals surface area contributed by atoms with Crippen molar-refractivity contribution < 1.29 is 9.53 Å². The van der Waals surface area contributed by atoms with E-state index in [-0.39, 0.29) is 22.7 Å². The van der Waals surface area contributed by atoms with E-state index in [1.54, 1.807) is 0 Å². The van der Waals surface area contributed by atoms with E-state index in [4.69, 9.17) is 17.4 Å². The molecule has 0 N–H and O–H groups in total. The van der Waals surface area contributed by atoms with E-state index >= 15 is 0 Å². The Morgan fingerprint density at radius 1 is 1.62 bits per heavy atom. The molecule has 2 bridgehead atoms. The predicted octanol–water partition coefficient (Wildman–Crippen LogP) is 2.04. The van der Waals surface area contributed by atoms with Gasteiger partial charge in [-0.1, -0.05) is 13.8 Å². The molecule has 2 fully saturated rings. The highest BCUT2D eigenvalue weighted by atomic mass is 32.1. The van der Waals surface area contributed by atoms with Gasteiger partial charge in [0.05, 0.1) is 10.7 Å². The van der Waals surface area contributed by atoms with Crippen molar-refractivity contribution in [1.29, 1.82) is 0 Å². The SMILES string of the molecule is CC(C)C1(S)CCC2CC1OC2=O. The third-order valence-electron chi connectivity index (χ3n) is 3.54. The van der Waals surface area contributed by atoms with Crippen LogP contribution in [-0.4, -0.2) is 16.8 Å². The van der Waals surface area contributed by atoms with Crippen LogP contribution in [0.25, 0.3) is 0 Å². The highest BCUT2D eigenvalue weighted by molar-refractivity contribution is 7.81. The Hall–Kier alpha value is -0.180. The van der Waals surface area contributed by atoms with Crippen LogP contribution >= 0.6 is 12.6 Å². The van der Waals surface area contributed by atoms with Crippen molar-refractivity contribution in [2.24, 2.45) is 11.8 Å². The zero-order valence-corrected chi connectivity index (χ0v) is 9.01. The van der Waals surface area contributed by atoms with E-state index in [9.17, 15) is 4.79 Å². The van der Waals surface area contributed by atoms with Gasteiger partial charge < -0.3 is 4.74 Å². The summed E-state index contributed by atoms with van der Waals surface area (Å²) in [4.78, 5) is 11.3. The Labute approximate surface area is 84.4 Å². The minimum Gasteiger partial charge on any atom is -0.461 e. The van der Waals surface area contributed by atoms with Crippen LogP contribution in [-0.2, 0) is 9.53 Å². The highest BCUT2D eigenvalue weighted by Crippen LogP contribution is 2.47. The van der Waals surface area contributed by atoms with Crippen LogP contribution in [0.1, 0.15) is 33.1 Å². The zero-order valence-electron chi connectivity index (χ0n) is 8.12. The smallest absolute Gasteiger partial charge is 0.309 e. The first-order valence-corrected chi connectivity index (χ1v) is 5.41. The molecule has 3 atom stereocenters. The summed E-state index contributed by atoms with van der Waals surface area (Å²) < 4.78 is 5.27. The molecule has 0 amide bonds. The second kappa shape index (κ2) is 2.91. The zero-order chi connectivity index (χ0) is 9.64. The largest absolute Gasteiger partial charge is 0.461 e. The van der Waals surface area contributed by atoms with Crippen LogP contribution < -0.4 is 0 Å². The molecule has 74 valence electrons. The van der Waals surface area contributed by atoms with Crippen molar-refractivity contribution >= 4 is 18.6 Å². The Morgan fingerprint density at radius 2 is 2.31 bits per heavy atom.